The molecule has 11 heteroatoms. The van der Waals surface area contributed by atoms with Gasteiger partial charge in [-0.15, -0.1) is 0 Å². The van der Waals surface area contributed by atoms with Crippen LogP contribution in [0.4, 0.5) is 11.5 Å². The zero-order valence-corrected chi connectivity index (χ0v) is 11.7. The number of aromatic nitrogens is 2. The second-order valence-corrected chi connectivity index (χ2v) is 4.30. The minimum Gasteiger partial charge on any atom is -0.358 e. The highest BCUT2D eigenvalue weighted by Crippen LogP contribution is 2.13. The summed E-state index contributed by atoms with van der Waals surface area (Å²) >= 11 is 0. The lowest BCUT2D eigenvalue weighted by Gasteiger charge is -2.02. The molecule has 0 aliphatic rings. The van der Waals surface area contributed by atoms with Crippen LogP contribution in [0.25, 0.3) is 0 Å². The lowest BCUT2D eigenvalue weighted by atomic mass is 10.1. The summed E-state index contributed by atoms with van der Waals surface area (Å²) in [6.07, 6.45) is 1.03. The molecule has 1 aromatic carbocycles. The van der Waals surface area contributed by atoms with Gasteiger partial charge in [0, 0.05) is 12.1 Å². The monoisotopic (exact) mass is 318 g/mol. The SMILES string of the molecule is C/C(=N/NC(=O)c1nc[nH]c1[N+](=O)[O-])c1ccc([N+](=O)[O-])cc1. The molecule has 0 saturated heterocycles. The molecule has 0 unspecified atom stereocenters. The van der Waals surface area contributed by atoms with E-state index in [0.29, 0.717) is 11.3 Å². The zero-order valence-electron chi connectivity index (χ0n) is 11.7. The number of amides is 1. The van der Waals surface area contributed by atoms with Gasteiger partial charge in [0.2, 0.25) is 5.69 Å². The Hall–Kier alpha value is -3.63. The molecule has 0 saturated carbocycles. The minimum atomic E-state index is -0.848. The summed E-state index contributed by atoms with van der Waals surface area (Å²) in [5.74, 6) is -1.38. The van der Waals surface area contributed by atoms with Gasteiger partial charge in [-0.05, 0) is 29.5 Å². The van der Waals surface area contributed by atoms with E-state index in [2.05, 4.69) is 20.5 Å². The van der Waals surface area contributed by atoms with E-state index in [0.717, 1.165) is 6.33 Å². The quantitative estimate of drug-likeness (QED) is 0.481. The number of nitrogens with zero attached hydrogens (tertiary/aromatic N) is 4. The zero-order chi connectivity index (χ0) is 17.0. The number of carbonyl (C=O) groups is 1. The van der Waals surface area contributed by atoms with Crippen LogP contribution in [-0.2, 0) is 0 Å². The average Bonchev–Trinajstić information content (AvgIpc) is 3.02. The number of nitro benzene ring substituents is 1. The average molecular weight is 318 g/mol. The predicted octanol–water partition coefficient (Wildman–Crippen LogP) is 1.38. The highest BCUT2D eigenvalue weighted by atomic mass is 16.6. The van der Waals surface area contributed by atoms with Crippen molar-refractivity contribution in [3.8, 4) is 0 Å². The van der Waals surface area contributed by atoms with Crippen LogP contribution in [0.1, 0.15) is 23.0 Å². The highest BCUT2D eigenvalue weighted by Gasteiger charge is 2.22. The smallest absolute Gasteiger partial charge is 0.353 e. The fourth-order valence-corrected chi connectivity index (χ4v) is 1.67. The van der Waals surface area contributed by atoms with E-state index in [4.69, 9.17) is 0 Å². The first kappa shape index (κ1) is 15.8. The number of hydrogen-bond donors (Lipinski definition) is 2. The maximum absolute atomic E-state index is 11.8. The fourth-order valence-electron chi connectivity index (χ4n) is 1.67. The number of nitrogens with one attached hydrogen (secondary N) is 2. The molecule has 23 heavy (non-hydrogen) atoms. The van der Waals surface area contributed by atoms with Gasteiger partial charge >= 0.3 is 5.82 Å². The molecule has 0 spiro atoms. The molecule has 0 aliphatic carbocycles. The number of carbonyl (C=O) groups excluding carboxylic acids is 1. The standard InChI is InChI=1S/C12H10N6O5/c1-7(8-2-4-9(5-3-8)17(20)21)15-16-12(19)10-11(18(22)23)14-6-13-10/h2-6H,1H3,(H,13,14)(H,16,19)/b15-7-. The van der Waals surface area contributed by atoms with Gasteiger partial charge in [0.1, 0.15) is 0 Å². The largest absolute Gasteiger partial charge is 0.358 e. The number of hydrogen-bond acceptors (Lipinski definition) is 7. The van der Waals surface area contributed by atoms with Crippen molar-refractivity contribution in [1.29, 1.82) is 0 Å². The first-order valence-electron chi connectivity index (χ1n) is 6.17. The number of aromatic amines is 1. The summed E-state index contributed by atoms with van der Waals surface area (Å²) in [4.78, 5) is 37.6. The summed E-state index contributed by atoms with van der Waals surface area (Å²) < 4.78 is 0. The topological polar surface area (TPSA) is 156 Å². The van der Waals surface area contributed by atoms with Crippen LogP contribution in [0, 0.1) is 20.2 Å². The van der Waals surface area contributed by atoms with Crippen molar-refractivity contribution in [3.05, 3.63) is 62.1 Å². The lowest BCUT2D eigenvalue weighted by Crippen LogP contribution is -2.20. The first-order valence-corrected chi connectivity index (χ1v) is 6.17. The summed E-state index contributed by atoms with van der Waals surface area (Å²) in [6, 6.07) is 5.55. The van der Waals surface area contributed by atoms with Crippen molar-refractivity contribution >= 4 is 23.1 Å². The van der Waals surface area contributed by atoms with Crippen LogP contribution < -0.4 is 5.43 Å². The second-order valence-electron chi connectivity index (χ2n) is 4.30. The number of non-ortho nitro benzene ring substituents is 1. The lowest BCUT2D eigenvalue weighted by molar-refractivity contribution is -0.389. The van der Waals surface area contributed by atoms with Gasteiger partial charge in [0.15, 0.2) is 6.33 Å². The Bertz CT molecular complexity index is 795. The Morgan fingerprint density at radius 3 is 2.43 bits per heavy atom. The van der Waals surface area contributed by atoms with Crippen molar-refractivity contribution in [1.82, 2.24) is 15.4 Å². The van der Waals surface area contributed by atoms with Gasteiger partial charge in [-0.25, -0.2) is 15.4 Å². The fraction of sp³-hybridized carbons (Fsp3) is 0.0833. The maximum Gasteiger partial charge on any atom is 0.353 e. The molecule has 2 rings (SSSR count). The summed E-state index contributed by atoms with van der Waals surface area (Å²) in [5.41, 5.74) is 2.59. The summed E-state index contributed by atoms with van der Waals surface area (Å²) in [5, 5.41) is 25.1. The predicted molar refractivity (Wildman–Crippen MR) is 78.0 cm³/mol. The Morgan fingerprint density at radius 2 is 1.87 bits per heavy atom. The normalized spacial score (nSPS) is 11.1. The molecule has 0 aliphatic heterocycles. The van der Waals surface area contributed by atoms with E-state index in [-0.39, 0.29) is 5.69 Å². The van der Waals surface area contributed by atoms with E-state index in [1.54, 1.807) is 6.92 Å². The molecule has 0 bridgehead atoms. The molecule has 118 valence electrons. The number of nitro groups is 2. The third-order valence-electron chi connectivity index (χ3n) is 2.84. The maximum atomic E-state index is 11.8. The van der Waals surface area contributed by atoms with Crippen LogP contribution in [0.3, 0.4) is 0 Å². The van der Waals surface area contributed by atoms with Crippen LogP contribution >= 0.6 is 0 Å². The molecule has 0 fully saturated rings. The van der Waals surface area contributed by atoms with Crippen LogP contribution in [0.2, 0.25) is 0 Å². The number of H-pyrrole nitrogens is 1. The minimum absolute atomic E-state index is 0.0715. The molecule has 1 aromatic heterocycles. The molecule has 1 heterocycles. The molecule has 1 amide bonds. The molecular formula is C12H10N6O5. The van der Waals surface area contributed by atoms with Gasteiger partial charge < -0.3 is 10.1 Å². The number of rotatable bonds is 5. The molecule has 0 atom stereocenters. The van der Waals surface area contributed by atoms with Crippen LogP contribution in [-0.4, -0.2) is 31.4 Å². The molecular weight excluding hydrogens is 308 g/mol. The molecule has 2 N–H and O–H groups in total. The van der Waals surface area contributed by atoms with Gasteiger partial charge in [0.05, 0.1) is 10.6 Å². The molecule has 0 radical (unpaired) electrons. The van der Waals surface area contributed by atoms with Crippen molar-refractivity contribution in [2.75, 3.05) is 0 Å². The van der Waals surface area contributed by atoms with E-state index in [9.17, 15) is 25.0 Å². The van der Waals surface area contributed by atoms with Crippen molar-refractivity contribution in [2.45, 2.75) is 6.92 Å². The Morgan fingerprint density at radius 1 is 1.22 bits per heavy atom. The van der Waals surface area contributed by atoms with Crippen molar-refractivity contribution in [3.63, 3.8) is 0 Å². The molecule has 11 nitrogen and oxygen atoms in total. The summed E-state index contributed by atoms with van der Waals surface area (Å²) in [7, 11) is 0. The third kappa shape index (κ3) is 3.53. The highest BCUT2D eigenvalue weighted by molar-refractivity contribution is 6.01. The van der Waals surface area contributed by atoms with E-state index in [1.807, 2.05) is 0 Å². The summed E-state index contributed by atoms with van der Waals surface area (Å²) in [6.45, 7) is 1.57. The number of benzene rings is 1. The Labute approximate surface area is 128 Å². The second kappa shape index (κ2) is 6.43. The number of imidazole rings is 1. The van der Waals surface area contributed by atoms with Crippen molar-refractivity contribution in [2.24, 2.45) is 5.10 Å². The third-order valence-corrected chi connectivity index (χ3v) is 2.84. The van der Waals surface area contributed by atoms with Gasteiger partial charge in [-0.1, -0.05) is 0 Å². The van der Waals surface area contributed by atoms with Crippen molar-refractivity contribution < 1.29 is 14.6 Å². The first-order chi connectivity index (χ1) is 10.9. The Kier molecular flexibility index (Phi) is 4.40. The van der Waals surface area contributed by atoms with Gasteiger partial charge in [0.25, 0.3) is 11.6 Å². The Balaban J connectivity index is 2.12. The van der Waals surface area contributed by atoms with Gasteiger partial charge in [-0.3, -0.25) is 14.9 Å². The van der Waals surface area contributed by atoms with Crippen LogP contribution in [0.5, 0.6) is 0 Å². The van der Waals surface area contributed by atoms with E-state index < -0.39 is 27.3 Å². The molecule has 2 aromatic rings. The number of hydrazone groups is 1. The van der Waals surface area contributed by atoms with Crippen LogP contribution in [0.15, 0.2) is 35.7 Å². The van der Waals surface area contributed by atoms with Gasteiger partial charge in [-0.2, -0.15) is 5.10 Å². The van der Waals surface area contributed by atoms with E-state index in [1.165, 1.54) is 24.3 Å². The van der Waals surface area contributed by atoms with E-state index >= 15 is 0 Å².